The largest absolute Gasteiger partial charge is 0.377 e. The first-order valence-electron chi connectivity index (χ1n) is 5.54. The normalized spacial score (nSPS) is 48.8. The summed E-state index contributed by atoms with van der Waals surface area (Å²) in [5, 5.41) is 10.6. The van der Waals surface area contributed by atoms with Gasteiger partial charge in [0.15, 0.2) is 0 Å². The van der Waals surface area contributed by atoms with Crippen molar-refractivity contribution in [1.29, 1.82) is 0 Å². The Hall–Kier alpha value is -0.480. The highest BCUT2D eigenvalue weighted by molar-refractivity contribution is 5.29. The Morgan fingerprint density at radius 1 is 1.29 bits per heavy atom. The van der Waals surface area contributed by atoms with Crippen molar-refractivity contribution in [3.8, 4) is 11.8 Å². The van der Waals surface area contributed by atoms with Crippen LogP contribution in [0.2, 0.25) is 0 Å². The average molecular weight is 192 g/mol. The standard InChI is InChI=1S/C13H20O/c1-5-7-13(14)9-10-6-8-12(13,4)11(10,2)3/h10,14H,6,8-9H2,1-4H3/t10-,12-,13-/m1/s1. The summed E-state index contributed by atoms with van der Waals surface area (Å²) in [5.41, 5.74) is -0.493. The van der Waals surface area contributed by atoms with Crippen LogP contribution in [0.5, 0.6) is 0 Å². The van der Waals surface area contributed by atoms with Crippen LogP contribution < -0.4 is 0 Å². The summed E-state index contributed by atoms with van der Waals surface area (Å²) in [4.78, 5) is 0. The number of hydrogen-bond donors (Lipinski definition) is 1. The van der Waals surface area contributed by atoms with Crippen LogP contribution in [-0.4, -0.2) is 10.7 Å². The molecule has 2 fully saturated rings. The minimum Gasteiger partial charge on any atom is -0.377 e. The van der Waals surface area contributed by atoms with Gasteiger partial charge in [-0.2, -0.15) is 0 Å². The smallest absolute Gasteiger partial charge is 0.131 e. The molecule has 0 unspecified atom stereocenters. The quantitative estimate of drug-likeness (QED) is 0.585. The van der Waals surface area contributed by atoms with Gasteiger partial charge in [0.05, 0.1) is 0 Å². The van der Waals surface area contributed by atoms with E-state index in [-0.39, 0.29) is 10.8 Å². The monoisotopic (exact) mass is 192 g/mol. The van der Waals surface area contributed by atoms with Gasteiger partial charge in [0.2, 0.25) is 0 Å². The third-order valence-corrected chi connectivity index (χ3v) is 5.22. The summed E-state index contributed by atoms with van der Waals surface area (Å²) < 4.78 is 0. The highest BCUT2D eigenvalue weighted by Crippen LogP contribution is 2.69. The molecule has 14 heavy (non-hydrogen) atoms. The van der Waals surface area contributed by atoms with E-state index in [1.165, 1.54) is 6.42 Å². The second-order valence-electron chi connectivity index (χ2n) is 5.73. The van der Waals surface area contributed by atoms with Crippen molar-refractivity contribution >= 4 is 0 Å². The average Bonchev–Trinajstić information content (AvgIpc) is 2.36. The maximum atomic E-state index is 10.6. The minimum atomic E-state index is -0.728. The Labute approximate surface area is 86.9 Å². The highest BCUT2D eigenvalue weighted by atomic mass is 16.3. The number of hydrogen-bond acceptors (Lipinski definition) is 1. The molecule has 0 amide bonds. The minimum absolute atomic E-state index is 0.00627. The second kappa shape index (κ2) is 2.55. The molecular weight excluding hydrogens is 172 g/mol. The summed E-state index contributed by atoms with van der Waals surface area (Å²) in [6.45, 7) is 8.62. The first kappa shape index (κ1) is 10.1. The van der Waals surface area contributed by atoms with E-state index in [4.69, 9.17) is 0 Å². The molecule has 1 heteroatoms. The molecule has 0 aromatic carbocycles. The molecule has 78 valence electrons. The SMILES string of the molecule is CC#C[C@@]1(O)C[C@H]2CC[C@]1(C)C2(C)C. The van der Waals surface area contributed by atoms with E-state index in [1.807, 2.05) is 6.92 Å². The third kappa shape index (κ3) is 0.859. The molecule has 0 heterocycles. The number of fused-ring (bicyclic) bond motifs is 2. The van der Waals surface area contributed by atoms with E-state index in [0.717, 1.165) is 12.8 Å². The van der Waals surface area contributed by atoms with Crippen LogP contribution in [0.25, 0.3) is 0 Å². The summed E-state index contributed by atoms with van der Waals surface area (Å²) in [6.07, 6.45) is 3.25. The lowest BCUT2D eigenvalue weighted by Gasteiger charge is -2.42. The van der Waals surface area contributed by atoms with Gasteiger partial charge < -0.3 is 5.11 Å². The molecule has 0 saturated heterocycles. The van der Waals surface area contributed by atoms with Gasteiger partial charge in [-0.1, -0.05) is 26.7 Å². The fraction of sp³-hybridized carbons (Fsp3) is 0.846. The van der Waals surface area contributed by atoms with Gasteiger partial charge in [0.1, 0.15) is 5.60 Å². The zero-order valence-electron chi connectivity index (χ0n) is 9.65. The van der Waals surface area contributed by atoms with E-state index >= 15 is 0 Å². The predicted molar refractivity (Wildman–Crippen MR) is 57.6 cm³/mol. The molecule has 2 rings (SSSR count). The molecular formula is C13H20O. The number of rotatable bonds is 0. The van der Waals surface area contributed by atoms with Crippen LogP contribution in [0, 0.1) is 28.6 Å². The van der Waals surface area contributed by atoms with Gasteiger partial charge in [-0.05, 0) is 37.5 Å². The molecule has 1 nitrogen and oxygen atoms in total. The summed E-state index contributed by atoms with van der Waals surface area (Å²) in [7, 11) is 0. The molecule has 2 saturated carbocycles. The summed E-state index contributed by atoms with van der Waals surface area (Å²) in [5.74, 6) is 6.60. The zero-order chi connectivity index (χ0) is 10.6. The van der Waals surface area contributed by atoms with Crippen molar-refractivity contribution < 1.29 is 5.11 Å². The van der Waals surface area contributed by atoms with Crippen molar-refractivity contribution in [2.45, 2.75) is 52.6 Å². The van der Waals surface area contributed by atoms with Crippen molar-refractivity contribution in [3.05, 3.63) is 0 Å². The molecule has 3 atom stereocenters. The van der Waals surface area contributed by atoms with Gasteiger partial charge >= 0.3 is 0 Å². The van der Waals surface area contributed by atoms with Crippen LogP contribution in [0.1, 0.15) is 47.0 Å². The molecule has 0 radical (unpaired) electrons. The summed E-state index contributed by atoms with van der Waals surface area (Å²) >= 11 is 0. The topological polar surface area (TPSA) is 20.2 Å². The maximum absolute atomic E-state index is 10.6. The second-order valence-corrected chi connectivity index (χ2v) is 5.73. The molecule has 2 aliphatic rings. The van der Waals surface area contributed by atoms with E-state index in [2.05, 4.69) is 32.6 Å². The molecule has 2 bridgehead atoms. The Balaban J connectivity index is 2.48. The van der Waals surface area contributed by atoms with Gasteiger partial charge in [-0.15, -0.1) is 5.92 Å². The Kier molecular flexibility index (Phi) is 1.83. The van der Waals surface area contributed by atoms with Crippen molar-refractivity contribution in [2.75, 3.05) is 0 Å². The molecule has 0 aromatic rings. The molecule has 1 N–H and O–H groups in total. The van der Waals surface area contributed by atoms with Crippen LogP contribution in [0.15, 0.2) is 0 Å². The van der Waals surface area contributed by atoms with Gasteiger partial charge in [-0.25, -0.2) is 0 Å². The van der Waals surface area contributed by atoms with Gasteiger partial charge in [0.25, 0.3) is 0 Å². The first-order valence-corrected chi connectivity index (χ1v) is 5.54. The number of aliphatic hydroxyl groups is 1. The van der Waals surface area contributed by atoms with Crippen LogP contribution in [0.4, 0.5) is 0 Å². The van der Waals surface area contributed by atoms with Crippen molar-refractivity contribution in [1.82, 2.24) is 0 Å². The highest BCUT2D eigenvalue weighted by Gasteiger charge is 2.68. The molecule has 2 aliphatic carbocycles. The maximum Gasteiger partial charge on any atom is 0.131 e. The van der Waals surface area contributed by atoms with E-state index < -0.39 is 5.60 Å². The first-order chi connectivity index (χ1) is 6.37. The molecule has 0 aromatic heterocycles. The summed E-state index contributed by atoms with van der Waals surface area (Å²) in [6, 6.07) is 0. The Morgan fingerprint density at radius 2 is 1.93 bits per heavy atom. The molecule has 0 aliphatic heterocycles. The third-order valence-electron chi connectivity index (χ3n) is 5.22. The van der Waals surface area contributed by atoms with Crippen LogP contribution >= 0.6 is 0 Å². The zero-order valence-corrected chi connectivity index (χ0v) is 9.65. The lowest BCUT2D eigenvalue weighted by Crippen LogP contribution is -2.46. The van der Waals surface area contributed by atoms with Crippen LogP contribution in [0.3, 0.4) is 0 Å². The predicted octanol–water partition coefficient (Wildman–Crippen LogP) is 2.59. The van der Waals surface area contributed by atoms with Crippen LogP contribution in [-0.2, 0) is 0 Å². The van der Waals surface area contributed by atoms with Crippen molar-refractivity contribution in [3.63, 3.8) is 0 Å². The fourth-order valence-electron chi connectivity index (χ4n) is 3.67. The van der Waals surface area contributed by atoms with Gasteiger partial charge in [-0.3, -0.25) is 0 Å². The lowest BCUT2D eigenvalue weighted by atomic mass is 9.65. The van der Waals surface area contributed by atoms with Gasteiger partial charge in [0, 0.05) is 5.41 Å². The lowest BCUT2D eigenvalue weighted by molar-refractivity contribution is -0.0432. The Bertz CT molecular complexity index is 320. The van der Waals surface area contributed by atoms with Crippen molar-refractivity contribution in [2.24, 2.45) is 16.7 Å². The molecule has 0 spiro atoms. The van der Waals surface area contributed by atoms with E-state index in [1.54, 1.807) is 0 Å². The van der Waals surface area contributed by atoms with E-state index in [9.17, 15) is 5.11 Å². The fourth-order valence-corrected chi connectivity index (χ4v) is 3.67. The van der Waals surface area contributed by atoms with E-state index in [0.29, 0.717) is 5.92 Å². The Morgan fingerprint density at radius 3 is 2.29 bits per heavy atom.